The molecule has 1 saturated carbocycles. The maximum absolute atomic E-state index is 12.6. The highest BCUT2D eigenvalue weighted by atomic mass is 16.6. The van der Waals surface area contributed by atoms with E-state index in [1.807, 2.05) is 31.7 Å². The lowest BCUT2D eigenvalue weighted by molar-refractivity contribution is 0.0116. The van der Waals surface area contributed by atoms with Crippen LogP contribution in [0.5, 0.6) is 0 Å². The molecule has 124 valence electrons. The fourth-order valence-electron chi connectivity index (χ4n) is 3.24. The van der Waals surface area contributed by atoms with Gasteiger partial charge in [-0.1, -0.05) is 6.07 Å². The van der Waals surface area contributed by atoms with Gasteiger partial charge in [-0.2, -0.15) is 0 Å². The summed E-state index contributed by atoms with van der Waals surface area (Å²) in [6.07, 6.45) is 2.59. The summed E-state index contributed by atoms with van der Waals surface area (Å²) >= 11 is 0. The average Bonchev–Trinajstić information content (AvgIpc) is 3.27. The molecular formula is C18H23NO4. The molecule has 1 fully saturated rings. The molecule has 1 aliphatic carbocycles. The van der Waals surface area contributed by atoms with E-state index < -0.39 is 11.6 Å². The van der Waals surface area contributed by atoms with Gasteiger partial charge in [0.1, 0.15) is 5.60 Å². The minimum atomic E-state index is -0.912. The van der Waals surface area contributed by atoms with Crippen LogP contribution in [0.25, 0.3) is 0 Å². The van der Waals surface area contributed by atoms with Gasteiger partial charge in [0, 0.05) is 6.54 Å². The van der Waals surface area contributed by atoms with Crippen molar-refractivity contribution in [3.63, 3.8) is 0 Å². The van der Waals surface area contributed by atoms with Gasteiger partial charge >= 0.3 is 12.1 Å². The monoisotopic (exact) mass is 317 g/mol. The highest BCUT2D eigenvalue weighted by Gasteiger charge is 2.42. The normalized spacial score (nSPS) is 20.8. The fraction of sp³-hybridized carbons (Fsp3) is 0.556. The van der Waals surface area contributed by atoms with Crippen LogP contribution in [0.3, 0.4) is 0 Å². The van der Waals surface area contributed by atoms with E-state index >= 15 is 0 Å². The van der Waals surface area contributed by atoms with Crippen LogP contribution in [-0.4, -0.2) is 34.2 Å². The summed E-state index contributed by atoms with van der Waals surface area (Å²) in [4.78, 5) is 25.5. The van der Waals surface area contributed by atoms with E-state index in [0.29, 0.717) is 24.4 Å². The Balaban J connectivity index is 1.91. The maximum atomic E-state index is 12.6. The minimum Gasteiger partial charge on any atom is -0.478 e. The van der Waals surface area contributed by atoms with Gasteiger partial charge in [0.05, 0.1) is 11.6 Å². The van der Waals surface area contributed by atoms with E-state index in [1.165, 1.54) is 0 Å². The zero-order valence-electron chi connectivity index (χ0n) is 13.8. The number of nitrogens with zero attached hydrogens (tertiary/aromatic N) is 1. The number of aromatic carboxylic acids is 1. The second-order valence-corrected chi connectivity index (χ2v) is 7.42. The molecule has 0 saturated heterocycles. The van der Waals surface area contributed by atoms with E-state index in [0.717, 1.165) is 24.0 Å². The van der Waals surface area contributed by atoms with E-state index in [4.69, 9.17) is 9.84 Å². The average molecular weight is 317 g/mol. The summed E-state index contributed by atoms with van der Waals surface area (Å²) in [5, 5.41) is 9.16. The van der Waals surface area contributed by atoms with Gasteiger partial charge in [0.15, 0.2) is 0 Å². The summed E-state index contributed by atoms with van der Waals surface area (Å²) < 4.78 is 5.56. The molecule has 1 heterocycles. The Labute approximate surface area is 136 Å². The van der Waals surface area contributed by atoms with Crippen LogP contribution in [0.2, 0.25) is 0 Å². The van der Waals surface area contributed by atoms with Gasteiger partial charge in [0.2, 0.25) is 0 Å². The number of hydrogen-bond acceptors (Lipinski definition) is 3. The Morgan fingerprint density at radius 3 is 2.52 bits per heavy atom. The zero-order chi connectivity index (χ0) is 16.8. The fourth-order valence-corrected chi connectivity index (χ4v) is 3.24. The third-order valence-electron chi connectivity index (χ3n) is 4.36. The first-order valence-corrected chi connectivity index (χ1v) is 8.12. The van der Waals surface area contributed by atoms with Gasteiger partial charge in [-0.15, -0.1) is 0 Å². The van der Waals surface area contributed by atoms with Crippen molar-refractivity contribution in [1.29, 1.82) is 0 Å². The molecule has 5 heteroatoms. The molecule has 0 aromatic heterocycles. The van der Waals surface area contributed by atoms with Crippen LogP contribution in [0.1, 0.15) is 61.1 Å². The van der Waals surface area contributed by atoms with Gasteiger partial charge in [0.25, 0.3) is 0 Å². The molecule has 23 heavy (non-hydrogen) atoms. The number of carbonyl (C=O) groups is 2. The van der Waals surface area contributed by atoms with Crippen molar-refractivity contribution in [3.8, 4) is 0 Å². The molecule has 5 nitrogen and oxygen atoms in total. The molecule has 1 amide bonds. The second-order valence-electron chi connectivity index (χ2n) is 7.42. The number of fused-ring (bicyclic) bond motifs is 1. The summed E-state index contributed by atoms with van der Waals surface area (Å²) in [5.74, 6) is -0.456. The van der Waals surface area contributed by atoms with Crippen molar-refractivity contribution in [2.45, 2.75) is 51.7 Å². The first kappa shape index (κ1) is 15.8. The van der Waals surface area contributed by atoms with Crippen LogP contribution in [0.4, 0.5) is 4.79 Å². The van der Waals surface area contributed by atoms with Crippen molar-refractivity contribution in [1.82, 2.24) is 4.90 Å². The molecule has 0 bridgehead atoms. The largest absolute Gasteiger partial charge is 0.478 e. The smallest absolute Gasteiger partial charge is 0.410 e. The van der Waals surface area contributed by atoms with Crippen molar-refractivity contribution in [2.24, 2.45) is 5.92 Å². The lowest BCUT2D eigenvalue weighted by atomic mass is 9.88. The van der Waals surface area contributed by atoms with Crippen LogP contribution in [-0.2, 0) is 11.2 Å². The van der Waals surface area contributed by atoms with Crippen LogP contribution >= 0.6 is 0 Å². The van der Waals surface area contributed by atoms with Gasteiger partial charge in [-0.05, 0) is 69.2 Å². The van der Waals surface area contributed by atoms with E-state index in [-0.39, 0.29) is 12.1 Å². The molecule has 0 radical (unpaired) electrons. The molecule has 1 N–H and O–H groups in total. The lowest BCUT2D eigenvalue weighted by Gasteiger charge is -2.38. The van der Waals surface area contributed by atoms with Gasteiger partial charge in [-0.25, -0.2) is 9.59 Å². The maximum Gasteiger partial charge on any atom is 0.410 e. The summed E-state index contributed by atoms with van der Waals surface area (Å²) in [7, 11) is 0. The van der Waals surface area contributed by atoms with Gasteiger partial charge in [-0.3, -0.25) is 0 Å². The number of carbonyl (C=O) groups excluding carboxylic acids is 1. The van der Waals surface area contributed by atoms with E-state index in [9.17, 15) is 9.59 Å². The molecular weight excluding hydrogens is 294 g/mol. The van der Waals surface area contributed by atoms with Crippen molar-refractivity contribution >= 4 is 12.1 Å². The summed E-state index contributed by atoms with van der Waals surface area (Å²) in [6, 6.07) is 5.27. The predicted octanol–water partition coefficient (Wildman–Crippen LogP) is 3.63. The number of amides is 1. The van der Waals surface area contributed by atoms with E-state index in [1.54, 1.807) is 12.1 Å². The van der Waals surface area contributed by atoms with Crippen LogP contribution in [0, 0.1) is 5.92 Å². The first-order chi connectivity index (χ1) is 10.8. The standard InChI is InChI=1S/C18H23NO4/c1-18(2,3)23-17(22)19-9-8-12-10-13(16(20)21)6-7-14(12)15(19)11-4-5-11/h6-7,10-11,15H,4-5,8-9H2,1-3H3,(H,20,21). The molecule has 1 aromatic carbocycles. The summed E-state index contributed by atoms with van der Waals surface area (Å²) in [6.45, 7) is 6.18. The number of rotatable bonds is 2. The predicted molar refractivity (Wildman–Crippen MR) is 85.5 cm³/mol. The number of carboxylic acid groups (broad SMARTS) is 1. The van der Waals surface area contributed by atoms with Crippen molar-refractivity contribution in [2.75, 3.05) is 6.54 Å². The Kier molecular flexibility index (Phi) is 3.82. The minimum absolute atomic E-state index is 0.0106. The molecule has 1 unspecified atom stereocenters. The van der Waals surface area contributed by atoms with Gasteiger partial charge < -0.3 is 14.7 Å². The third-order valence-corrected chi connectivity index (χ3v) is 4.36. The molecule has 2 aliphatic rings. The SMILES string of the molecule is CC(C)(C)OC(=O)N1CCc2cc(C(=O)O)ccc2C1C1CC1. The molecule has 1 aromatic rings. The van der Waals surface area contributed by atoms with Crippen molar-refractivity contribution < 1.29 is 19.4 Å². The van der Waals surface area contributed by atoms with Crippen LogP contribution in [0.15, 0.2) is 18.2 Å². The number of benzene rings is 1. The number of carboxylic acids is 1. The summed E-state index contributed by atoms with van der Waals surface area (Å²) in [5.41, 5.74) is 1.92. The number of hydrogen-bond donors (Lipinski definition) is 1. The lowest BCUT2D eigenvalue weighted by Crippen LogP contribution is -2.43. The first-order valence-electron chi connectivity index (χ1n) is 8.12. The highest BCUT2D eigenvalue weighted by Crippen LogP contribution is 2.47. The third kappa shape index (κ3) is 3.33. The molecule has 1 atom stereocenters. The Morgan fingerprint density at radius 2 is 1.96 bits per heavy atom. The van der Waals surface area contributed by atoms with Crippen molar-refractivity contribution in [3.05, 3.63) is 34.9 Å². The highest BCUT2D eigenvalue weighted by molar-refractivity contribution is 5.88. The van der Waals surface area contributed by atoms with Crippen LogP contribution < -0.4 is 0 Å². The number of ether oxygens (including phenoxy) is 1. The molecule has 1 aliphatic heterocycles. The molecule has 3 rings (SSSR count). The Hall–Kier alpha value is -2.04. The van der Waals surface area contributed by atoms with E-state index in [2.05, 4.69) is 0 Å². The Bertz CT molecular complexity index is 643. The second kappa shape index (κ2) is 5.55. The zero-order valence-corrected chi connectivity index (χ0v) is 13.8. The quantitative estimate of drug-likeness (QED) is 0.904. The molecule has 0 spiro atoms. The Morgan fingerprint density at radius 1 is 1.26 bits per heavy atom. The topological polar surface area (TPSA) is 66.8 Å².